The summed E-state index contributed by atoms with van der Waals surface area (Å²) in [6, 6.07) is 6.45. The molecule has 0 radical (unpaired) electrons. The molecule has 5 nitrogen and oxygen atoms in total. The minimum Gasteiger partial charge on any atom is -0.435 e. The van der Waals surface area contributed by atoms with E-state index in [0.717, 1.165) is 25.7 Å². The standard InChI is InChI=1S/C17H18F2N2O2.C4H7F3OS/c18-17(19)23-14-7-6-11-8-12(10-20-15(11)9-14)16(22)21-13-4-2-1-3-5-13;1-3(8,2-9)4(5,6)7/h6-10,13,17H,1-5H2,(H,21,22);8-9H,2H2,1H3. The lowest BCUT2D eigenvalue weighted by atomic mass is 9.95. The number of benzene rings is 1. The molecule has 1 atom stereocenters. The van der Waals surface area contributed by atoms with Crippen LogP contribution in [0.25, 0.3) is 10.9 Å². The van der Waals surface area contributed by atoms with Crippen LogP contribution in [0.2, 0.25) is 0 Å². The van der Waals surface area contributed by atoms with Crippen LogP contribution in [0, 0.1) is 0 Å². The van der Waals surface area contributed by atoms with Crippen LogP contribution in [-0.4, -0.2) is 46.2 Å². The van der Waals surface area contributed by atoms with Crippen molar-refractivity contribution in [2.24, 2.45) is 0 Å². The number of aromatic nitrogens is 1. The largest absolute Gasteiger partial charge is 0.435 e. The molecule has 3 rings (SSSR count). The van der Waals surface area contributed by atoms with Crippen LogP contribution in [0.3, 0.4) is 0 Å². The highest BCUT2D eigenvalue weighted by Crippen LogP contribution is 2.30. The van der Waals surface area contributed by atoms with Crippen molar-refractivity contribution in [3.63, 3.8) is 0 Å². The second-order valence-corrected chi connectivity index (χ2v) is 8.01. The molecule has 1 saturated carbocycles. The van der Waals surface area contributed by atoms with Gasteiger partial charge in [0.1, 0.15) is 5.75 Å². The predicted molar refractivity (Wildman–Crippen MR) is 113 cm³/mol. The Morgan fingerprint density at radius 2 is 1.91 bits per heavy atom. The third kappa shape index (κ3) is 7.47. The Bertz CT molecular complexity index is 903. The minimum absolute atomic E-state index is 0.0550. The van der Waals surface area contributed by atoms with Gasteiger partial charge in [-0.2, -0.15) is 34.6 Å². The number of nitrogens with zero attached hydrogens (tertiary/aromatic N) is 1. The zero-order chi connectivity index (χ0) is 23.9. The normalized spacial score (nSPS) is 16.8. The number of hydrogen-bond donors (Lipinski definition) is 3. The number of aliphatic hydroxyl groups is 1. The number of hydrogen-bond acceptors (Lipinski definition) is 5. The van der Waals surface area contributed by atoms with Crippen LogP contribution in [0.1, 0.15) is 49.4 Å². The quantitative estimate of drug-likeness (QED) is 0.410. The smallest absolute Gasteiger partial charge is 0.417 e. The number of pyridine rings is 1. The number of thiol groups is 1. The number of carbonyl (C=O) groups is 1. The number of ether oxygens (including phenoxy) is 1. The first kappa shape index (κ1) is 26.1. The average Bonchev–Trinajstić information content (AvgIpc) is 2.73. The highest BCUT2D eigenvalue weighted by Gasteiger charge is 2.48. The number of fused-ring (bicyclic) bond motifs is 1. The molecule has 1 aliphatic rings. The molecule has 0 bridgehead atoms. The highest BCUT2D eigenvalue weighted by molar-refractivity contribution is 7.80. The summed E-state index contributed by atoms with van der Waals surface area (Å²) in [5.74, 6) is -0.699. The molecule has 2 aromatic rings. The van der Waals surface area contributed by atoms with Gasteiger partial charge >= 0.3 is 12.8 Å². The molecule has 0 saturated heterocycles. The van der Waals surface area contributed by atoms with Crippen LogP contribution < -0.4 is 10.1 Å². The van der Waals surface area contributed by atoms with Crippen LogP contribution in [0.5, 0.6) is 5.75 Å². The topological polar surface area (TPSA) is 71.5 Å². The first-order valence-corrected chi connectivity index (χ1v) is 10.6. The molecule has 1 aliphatic carbocycles. The summed E-state index contributed by atoms with van der Waals surface area (Å²) in [7, 11) is 0. The van der Waals surface area contributed by atoms with E-state index in [0.29, 0.717) is 23.4 Å². The Morgan fingerprint density at radius 3 is 2.44 bits per heavy atom. The number of carbonyl (C=O) groups excluding carboxylic acids is 1. The second-order valence-electron chi connectivity index (χ2n) is 7.70. The minimum atomic E-state index is -4.57. The van der Waals surface area contributed by atoms with Gasteiger partial charge in [-0.1, -0.05) is 19.3 Å². The Balaban J connectivity index is 0.000000344. The van der Waals surface area contributed by atoms with E-state index >= 15 is 0 Å². The van der Waals surface area contributed by atoms with Gasteiger partial charge in [0, 0.05) is 29.4 Å². The zero-order valence-electron chi connectivity index (χ0n) is 17.3. The number of rotatable bonds is 5. The number of alkyl halides is 5. The number of nitrogens with one attached hydrogen (secondary N) is 1. The van der Waals surface area contributed by atoms with Crippen molar-refractivity contribution in [1.29, 1.82) is 0 Å². The molecule has 1 heterocycles. The molecule has 1 aromatic heterocycles. The summed E-state index contributed by atoms with van der Waals surface area (Å²) in [6.07, 6.45) is 2.44. The average molecular weight is 480 g/mol. The predicted octanol–water partition coefficient (Wildman–Crippen LogP) is 5.13. The summed E-state index contributed by atoms with van der Waals surface area (Å²) in [4.78, 5) is 16.5. The zero-order valence-corrected chi connectivity index (χ0v) is 18.2. The van der Waals surface area contributed by atoms with Crippen molar-refractivity contribution >= 4 is 29.4 Å². The van der Waals surface area contributed by atoms with Gasteiger partial charge in [0.25, 0.3) is 5.91 Å². The van der Waals surface area contributed by atoms with E-state index in [1.165, 1.54) is 24.8 Å². The molecule has 11 heteroatoms. The van der Waals surface area contributed by atoms with Crippen molar-refractivity contribution in [2.45, 2.75) is 63.5 Å². The van der Waals surface area contributed by atoms with Gasteiger partial charge in [-0.15, -0.1) is 0 Å². The molecule has 1 fully saturated rings. The molecular formula is C21H25F5N2O3S. The Hall–Kier alpha value is -2.14. The molecular weight excluding hydrogens is 455 g/mol. The lowest BCUT2D eigenvalue weighted by Gasteiger charge is -2.23. The molecule has 2 N–H and O–H groups in total. The summed E-state index contributed by atoms with van der Waals surface area (Å²) in [5, 5.41) is 12.2. The van der Waals surface area contributed by atoms with E-state index < -0.39 is 24.1 Å². The molecule has 1 unspecified atom stereocenters. The summed E-state index contributed by atoms with van der Waals surface area (Å²) in [6.45, 7) is -2.19. The third-order valence-electron chi connectivity index (χ3n) is 5.00. The van der Waals surface area contributed by atoms with Crippen molar-refractivity contribution in [3.05, 3.63) is 36.0 Å². The highest BCUT2D eigenvalue weighted by atomic mass is 32.1. The maximum atomic E-state index is 12.3. The van der Waals surface area contributed by atoms with Crippen LogP contribution in [0.4, 0.5) is 22.0 Å². The second kappa shape index (κ2) is 11.1. The van der Waals surface area contributed by atoms with Gasteiger partial charge in [0.2, 0.25) is 0 Å². The maximum absolute atomic E-state index is 12.3. The Labute approximate surface area is 187 Å². The Morgan fingerprint density at radius 1 is 1.25 bits per heavy atom. The number of halogens is 5. The van der Waals surface area contributed by atoms with Gasteiger partial charge in [-0.3, -0.25) is 9.78 Å². The van der Waals surface area contributed by atoms with Crippen molar-refractivity contribution < 1.29 is 36.6 Å². The van der Waals surface area contributed by atoms with Gasteiger partial charge in [-0.05, 0) is 38.0 Å². The summed E-state index contributed by atoms with van der Waals surface area (Å²) >= 11 is 3.32. The fraction of sp³-hybridized carbons (Fsp3) is 0.524. The first-order chi connectivity index (χ1) is 14.9. The van der Waals surface area contributed by atoms with Gasteiger partial charge < -0.3 is 15.2 Å². The van der Waals surface area contributed by atoms with Crippen LogP contribution in [-0.2, 0) is 0 Å². The van der Waals surface area contributed by atoms with Crippen molar-refractivity contribution in [2.75, 3.05) is 5.75 Å². The fourth-order valence-electron chi connectivity index (χ4n) is 3.01. The molecule has 0 spiro atoms. The molecule has 178 valence electrons. The van der Waals surface area contributed by atoms with Gasteiger partial charge in [0.05, 0.1) is 11.1 Å². The lowest BCUT2D eigenvalue weighted by Crippen LogP contribution is -2.43. The summed E-state index contributed by atoms with van der Waals surface area (Å²) in [5.41, 5.74) is -1.67. The number of amides is 1. The van der Waals surface area contributed by atoms with Crippen molar-refractivity contribution in [3.8, 4) is 5.75 Å². The SMILES string of the molecule is CC(O)(CS)C(F)(F)F.O=C(NC1CCCCC1)c1cnc2cc(OC(F)F)ccc2c1. The van der Waals surface area contributed by atoms with Crippen LogP contribution in [0.15, 0.2) is 30.5 Å². The van der Waals surface area contributed by atoms with E-state index in [2.05, 4.69) is 27.7 Å². The van der Waals surface area contributed by atoms with Crippen LogP contribution >= 0.6 is 12.6 Å². The fourth-order valence-corrected chi connectivity index (χ4v) is 3.19. The van der Waals surface area contributed by atoms with Gasteiger partial charge in [-0.25, -0.2) is 0 Å². The molecule has 1 aromatic carbocycles. The van der Waals surface area contributed by atoms with E-state index in [9.17, 15) is 26.7 Å². The van der Waals surface area contributed by atoms with E-state index in [4.69, 9.17) is 5.11 Å². The maximum Gasteiger partial charge on any atom is 0.417 e. The van der Waals surface area contributed by atoms with E-state index in [-0.39, 0.29) is 17.7 Å². The monoisotopic (exact) mass is 480 g/mol. The first-order valence-electron chi connectivity index (χ1n) is 9.98. The lowest BCUT2D eigenvalue weighted by molar-refractivity contribution is -0.242. The summed E-state index contributed by atoms with van der Waals surface area (Å²) < 4.78 is 63.4. The molecule has 0 aliphatic heterocycles. The van der Waals surface area contributed by atoms with E-state index in [1.54, 1.807) is 12.1 Å². The van der Waals surface area contributed by atoms with Crippen molar-refractivity contribution in [1.82, 2.24) is 10.3 Å². The van der Waals surface area contributed by atoms with E-state index in [1.807, 2.05) is 0 Å². The molecule has 32 heavy (non-hydrogen) atoms. The third-order valence-corrected chi connectivity index (χ3v) is 5.62. The van der Waals surface area contributed by atoms with Gasteiger partial charge in [0.15, 0.2) is 5.60 Å². The Kier molecular flexibility index (Phi) is 9.08. The molecule has 1 amide bonds.